The maximum Gasteiger partial charge on any atom is 0.0622 e. The minimum atomic E-state index is 0.748. The maximum atomic E-state index is 5.40. The van der Waals surface area contributed by atoms with Crippen molar-refractivity contribution in [2.75, 3.05) is 26.3 Å². The SMILES string of the molecule is CC.CC1CCN(C2CCOC2)CC1. The van der Waals surface area contributed by atoms with Crippen molar-refractivity contribution in [1.29, 1.82) is 0 Å². The molecule has 2 aliphatic heterocycles. The Morgan fingerprint density at radius 2 is 1.71 bits per heavy atom. The molecule has 2 fully saturated rings. The molecule has 0 aromatic carbocycles. The van der Waals surface area contributed by atoms with Crippen LogP contribution in [0.25, 0.3) is 0 Å². The zero-order valence-electron chi connectivity index (χ0n) is 9.96. The summed E-state index contributed by atoms with van der Waals surface area (Å²) in [5.41, 5.74) is 0. The second kappa shape index (κ2) is 6.41. The minimum absolute atomic E-state index is 0.748. The summed E-state index contributed by atoms with van der Waals surface area (Å²) in [7, 11) is 0. The molecule has 0 N–H and O–H groups in total. The summed E-state index contributed by atoms with van der Waals surface area (Å²) in [4.78, 5) is 2.62. The summed E-state index contributed by atoms with van der Waals surface area (Å²) in [5, 5.41) is 0. The second-order valence-electron chi connectivity index (χ2n) is 4.24. The second-order valence-corrected chi connectivity index (χ2v) is 4.24. The van der Waals surface area contributed by atoms with Crippen molar-refractivity contribution in [1.82, 2.24) is 4.90 Å². The van der Waals surface area contributed by atoms with E-state index in [9.17, 15) is 0 Å². The Bertz CT molecular complexity index is 135. The molecule has 2 heterocycles. The summed E-state index contributed by atoms with van der Waals surface area (Å²) in [6.45, 7) is 10.9. The van der Waals surface area contributed by atoms with Gasteiger partial charge in [-0.15, -0.1) is 0 Å². The van der Waals surface area contributed by atoms with Crippen molar-refractivity contribution in [2.24, 2.45) is 5.92 Å². The Kier molecular flexibility index (Phi) is 5.49. The predicted molar refractivity (Wildman–Crippen MR) is 60.5 cm³/mol. The van der Waals surface area contributed by atoms with E-state index in [2.05, 4.69) is 11.8 Å². The molecule has 2 rings (SSSR count). The van der Waals surface area contributed by atoms with Gasteiger partial charge in [0.2, 0.25) is 0 Å². The summed E-state index contributed by atoms with van der Waals surface area (Å²) >= 11 is 0. The first-order chi connectivity index (χ1) is 6.86. The van der Waals surface area contributed by atoms with Crippen LogP contribution in [-0.2, 0) is 4.74 Å². The van der Waals surface area contributed by atoms with Crippen molar-refractivity contribution in [3.05, 3.63) is 0 Å². The Morgan fingerprint density at radius 3 is 2.21 bits per heavy atom. The molecule has 2 heteroatoms. The van der Waals surface area contributed by atoms with Gasteiger partial charge in [0.1, 0.15) is 0 Å². The third-order valence-electron chi connectivity index (χ3n) is 3.24. The van der Waals surface area contributed by atoms with Crippen LogP contribution in [0.2, 0.25) is 0 Å². The Balaban J connectivity index is 0.000000461. The van der Waals surface area contributed by atoms with Crippen LogP contribution in [-0.4, -0.2) is 37.2 Å². The van der Waals surface area contributed by atoms with Crippen LogP contribution >= 0.6 is 0 Å². The van der Waals surface area contributed by atoms with E-state index in [4.69, 9.17) is 4.74 Å². The van der Waals surface area contributed by atoms with Crippen LogP contribution in [0, 0.1) is 5.92 Å². The average molecular weight is 199 g/mol. The molecule has 2 aliphatic rings. The van der Waals surface area contributed by atoms with Crippen molar-refractivity contribution in [2.45, 2.75) is 46.1 Å². The minimum Gasteiger partial charge on any atom is -0.380 e. The van der Waals surface area contributed by atoms with Crippen LogP contribution in [0.4, 0.5) is 0 Å². The van der Waals surface area contributed by atoms with Gasteiger partial charge in [-0.2, -0.15) is 0 Å². The molecule has 0 aromatic rings. The monoisotopic (exact) mass is 199 g/mol. The lowest BCUT2D eigenvalue weighted by Crippen LogP contribution is -2.41. The van der Waals surface area contributed by atoms with Gasteiger partial charge in [0, 0.05) is 12.6 Å². The van der Waals surface area contributed by atoms with Crippen molar-refractivity contribution >= 4 is 0 Å². The first kappa shape index (κ1) is 12.0. The van der Waals surface area contributed by atoms with Gasteiger partial charge < -0.3 is 4.74 Å². The molecule has 1 atom stereocenters. The van der Waals surface area contributed by atoms with Crippen molar-refractivity contribution in [3.8, 4) is 0 Å². The van der Waals surface area contributed by atoms with E-state index >= 15 is 0 Å². The molecule has 0 radical (unpaired) electrons. The van der Waals surface area contributed by atoms with Gasteiger partial charge in [0.05, 0.1) is 6.61 Å². The zero-order chi connectivity index (χ0) is 10.4. The van der Waals surface area contributed by atoms with Crippen LogP contribution < -0.4 is 0 Å². The Hall–Kier alpha value is -0.0800. The smallest absolute Gasteiger partial charge is 0.0622 e. The molecule has 84 valence electrons. The number of ether oxygens (including phenoxy) is 1. The number of rotatable bonds is 1. The normalized spacial score (nSPS) is 29.8. The van der Waals surface area contributed by atoms with Crippen molar-refractivity contribution in [3.63, 3.8) is 0 Å². The van der Waals surface area contributed by atoms with E-state index in [-0.39, 0.29) is 0 Å². The molecule has 0 spiro atoms. The quantitative estimate of drug-likeness (QED) is 0.643. The van der Waals surface area contributed by atoms with Gasteiger partial charge in [-0.25, -0.2) is 0 Å². The molecule has 2 nitrogen and oxygen atoms in total. The summed E-state index contributed by atoms with van der Waals surface area (Å²) in [5.74, 6) is 0.948. The van der Waals surface area contributed by atoms with E-state index in [0.29, 0.717) is 0 Å². The number of hydrogen-bond acceptors (Lipinski definition) is 2. The van der Waals surface area contributed by atoms with E-state index in [1.807, 2.05) is 13.8 Å². The molecule has 0 bridgehead atoms. The molecule has 14 heavy (non-hydrogen) atoms. The van der Waals surface area contributed by atoms with Crippen LogP contribution in [0.1, 0.15) is 40.0 Å². The van der Waals surface area contributed by atoms with E-state index < -0.39 is 0 Å². The van der Waals surface area contributed by atoms with Crippen LogP contribution in [0.3, 0.4) is 0 Å². The molecule has 2 saturated heterocycles. The highest BCUT2D eigenvalue weighted by Crippen LogP contribution is 2.21. The van der Waals surface area contributed by atoms with Gasteiger partial charge in [-0.3, -0.25) is 4.90 Å². The molecule has 0 amide bonds. The molecule has 1 unspecified atom stereocenters. The van der Waals surface area contributed by atoms with Crippen molar-refractivity contribution < 1.29 is 4.74 Å². The first-order valence-corrected chi connectivity index (χ1v) is 6.18. The number of nitrogens with zero attached hydrogens (tertiary/aromatic N) is 1. The highest BCUT2D eigenvalue weighted by atomic mass is 16.5. The molecular formula is C12H25NO. The molecular weight excluding hydrogens is 174 g/mol. The molecule has 0 saturated carbocycles. The van der Waals surface area contributed by atoms with E-state index in [1.165, 1.54) is 32.4 Å². The summed E-state index contributed by atoms with van der Waals surface area (Å²) in [6, 6.07) is 0.748. The average Bonchev–Trinajstić information content (AvgIpc) is 2.75. The fraction of sp³-hybridized carbons (Fsp3) is 1.00. The lowest BCUT2D eigenvalue weighted by atomic mass is 9.98. The van der Waals surface area contributed by atoms with E-state index in [1.54, 1.807) is 0 Å². The number of piperidine rings is 1. The highest BCUT2D eigenvalue weighted by molar-refractivity contribution is 4.79. The largest absolute Gasteiger partial charge is 0.380 e. The van der Waals surface area contributed by atoms with Gasteiger partial charge in [0.25, 0.3) is 0 Å². The topological polar surface area (TPSA) is 12.5 Å². The lowest BCUT2D eigenvalue weighted by molar-refractivity contribution is 0.113. The van der Waals surface area contributed by atoms with Crippen LogP contribution in [0.5, 0.6) is 0 Å². The summed E-state index contributed by atoms with van der Waals surface area (Å²) < 4.78 is 5.40. The Labute approximate surface area is 88.6 Å². The summed E-state index contributed by atoms with van der Waals surface area (Å²) in [6.07, 6.45) is 4.03. The zero-order valence-corrected chi connectivity index (χ0v) is 9.96. The number of likely N-dealkylation sites (tertiary alicyclic amines) is 1. The van der Waals surface area contributed by atoms with Gasteiger partial charge in [-0.1, -0.05) is 20.8 Å². The van der Waals surface area contributed by atoms with Gasteiger partial charge in [-0.05, 0) is 38.3 Å². The molecule has 0 aliphatic carbocycles. The third kappa shape index (κ3) is 3.25. The standard InChI is InChI=1S/C10H19NO.C2H6/c1-9-2-5-11(6-3-9)10-4-7-12-8-10;1-2/h9-10H,2-8H2,1H3;1-2H3. The Morgan fingerprint density at radius 1 is 1.07 bits per heavy atom. The fourth-order valence-electron chi connectivity index (χ4n) is 2.20. The molecule has 0 aromatic heterocycles. The van der Waals surface area contributed by atoms with Crippen LogP contribution in [0.15, 0.2) is 0 Å². The lowest BCUT2D eigenvalue weighted by Gasteiger charge is -2.33. The fourth-order valence-corrected chi connectivity index (χ4v) is 2.20. The van der Waals surface area contributed by atoms with E-state index in [0.717, 1.165) is 25.2 Å². The van der Waals surface area contributed by atoms with Gasteiger partial charge >= 0.3 is 0 Å². The van der Waals surface area contributed by atoms with Gasteiger partial charge in [0.15, 0.2) is 0 Å². The predicted octanol–water partition coefficient (Wildman–Crippen LogP) is 2.53. The maximum absolute atomic E-state index is 5.40. The first-order valence-electron chi connectivity index (χ1n) is 6.18. The number of hydrogen-bond donors (Lipinski definition) is 0. The highest BCUT2D eigenvalue weighted by Gasteiger charge is 2.25. The third-order valence-corrected chi connectivity index (χ3v) is 3.24.